The van der Waals surface area contributed by atoms with Crippen LogP contribution in [-0.2, 0) is 4.74 Å². The van der Waals surface area contributed by atoms with Crippen molar-refractivity contribution in [2.75, 3.05) is 25.0 Å². The van der Waals surface area contributed by atoms with E-state index in [1.165, 1.54) is 30.6 Å². The highest BCUT2D eigenvalue weighted by Crippen LogP contribution is 2.35. The van der Waals surface area contributed by atoms with Crippen LogP contribution in [0.3, 0.4) is 0 Å². The summed E-state index contributed by atoms with van der Waals surface area (Å²) in [5.74, 6) is -0.179. The third-order valence-corrected chi connectivity index (χ3v) is 7.48. The molecule has 1 aliphatic carbocycles. The molecule has 32 heavy (non-hydrogen) atoms. The quantitative estimate of drug-likeness (QED) is 0.563. The van der Waals surface area contributed by atoms with Crippen LogP contribution in [-0.4, -0.2) is 47.3 Å². The molecule has 168 valence electrons. The van der Waals surface area contributed by atoms with Crippen molar-refractivity contribution in [1.82, 2.24) is 15.1 Å². The fourth-order valence-electron chi connectivity index (χ4n) is 4.59. The van der Waals surface area contributed by atoms with E-state index in [1.54, 1.807) is 24.3 Å². The molecular weight excluding hydrogens is 424 g/mol. The van der Waals surface area contributed by atoms with Gasteiger partial charge < -0.3 is 15.4 Å². The SMILES string of the molecule is Cc1nn(C2CCCCC2)c2sc(C(=O)Nc3ccc(C(=O)C4CNCCO4)cc3)cc12. The third-order valence-electron chi connectivity index (χ3n) is 6.36. The maximum atomic E-state index is 12.9. The van der Waals surface area contributed by atoms with Gasteiger partial charge in [-0.3, -0.25) is 14.3 Å². The molecule has 1 unspecified atom stereocenters. The Labute approximate surface area is 191 Å². The second-order valence-corrected chi connectivity index (χ2v) is 9.64. The number of morpholine rings is 1. The molecule has 7 nitrogen and oxygen atoms in total. The lowest BCUT2D eigenvalue weighted by Crippen LogP contribution is -2.43. The molecule has 0 spiro atoms. The lowest BCUT2D eigenvalue weighted by atomic mass is 9.96. The van der Waals surface area contributed by atoms with Crippen LogP contribution in [0.5, 0.6) is 0 Å². The van der Waals surface area contributed by atoms with Crippen LogP contribution in [0.15, 0.2) is 30.3 Å². The van der Waals surface area contributed by atoms with E-state index in [0.717, 1.165) is 35.3 Å². The van der Waals surface area contributed by atoms with E-state index < -0.39 is 6.10 Å². The molecule has 1 aromatic carbocycles. The molecule has 1 saturated heterocycles. The maximum Gasteiger partial charge on any atom is 0.265 e. The van der Waals surface area contributed by atoms with Crippen LogP contribution in [0.1, 0.15) is 63.9 Å². The van der Waals surface area contributed by atoms with Crippen molar-refractivity contribution in [2.24, 2.45) is 0 Å². The van der Waals surface area contributed by atoms with Crippen LogP contribution in [0.25, 0.3) is 10.2 Å². The zero-order valence-corrected chi connectivity index (χ0v) is 19.0. The van der Waals surface area contributed by atoms with Crippen molar-refractivity contribution in [3.63, 3.8) is 0 Å². The van der Waals surface area contributed by atoms with Crippen molar-refractivity contribution in [3.05, 3.63) is 46.5 Å². The van der Waals surface area contributed by atoms with E-state index in [4.69, 9.17) is 9.84 Å². The molecule has 5 rings (SSSR count). The van der Waals surface area contributed by atoms with Crippen LogP contribution < -0.4 is 10.6 Å². The molecule has 2 aliphatic rings. The minimum absolute atomic E-state index is 0.0395. The molecule has 1 atom stereocenters. The van der Waals surface area contributed by atoms with Crippen molar-refractivity contribution < 1.29 is 14.3 Å². The number of carbonyl (C=O) groups is 2. The molecule has 0 radical (unpaired) electrons. The van der Waals surface area contributed by atoms with Crippen LogP contribution in [0.4, 0.5) is 5.69 Å². The van der Waals surface area contributed by atoms with E-state index >= 15 is 0 Å². The van der Waals surface area contributed by atoms with Gasteiger partial charge >= 0.3 is 0 Å². The second-order valence-electron chi connectivity index (χ2n) is 8.61. The monoisotopic (exact) mass is 452 g/mol. The molecule has 0 bridgehead atoms. The van der Waals surface area contributed by atoms with Gasteiger partial charge in [-0.2, -0.15) is 5.10 Å². The Hall–Kier alpha value is -2.55. The Kier molecular flexibility index (Phi) is 6.08. The van der Waals surface area contributed by atoms with E-state index in [0.29, 0.717) is 35.3 Å². The average molecular weight is 453 g/mol. The summed E-state index contributed by atoms with van der Waals surface area (Å²) in [7, 11) is 0. The number of thiophene rings is 1. The fraction of sp³-hybridized carbons (Fsp3) is 0.458. The number of aryl methyl sites for hydroxylation is 1. The molecular formula is C24H28N4O3S. The fourth-order valence-corrected chi connectivity index (χ4v) is 5.72. The van der Waals surface area contributed by atoms with E-state index in [-0.39, 0.29) is 11.7 Å². The first-order valence-electron chi connectivity index (χ1n) is 11.4. The van der Waals surface area contributed by atoms with Gasteiger partial charge in [-0.1, -0.05) is 19.3 Å². The van der Waals surface area contributed by atoms with Crippen molar-refractivity contribution in [1.29, 1.82) is 0 Å². The summed E-state index contributed by atoms with van der Waals surface area (Å²) in [4.78, 5) is 27.2. The highest BCUT2D eigenvalue weighted by molar-refractivity contribution is 7.20. The smallest absolute Gasteiger partial charge is 0.265 e. The predicted molar refractivity (Wildman–Crippen MR) is 126 cm³/mol. The second kappa shape index (κ2) is 9.13. The third kappa shape index (κ3) is 4.22. The number of hydrogen-bond donors (Lipinski definition) is 2. The molecule has 1 saturated carbocycles. The van der Waals surface area contributed by atoms with Gasteiger partial charge in [-0.05, 0) is 50.1 Å². The lowest BCUT2D eigenvalue weighted by Gasteiger charge is -2.22. The molecule has 3 aromatic rings. The number of Topliss-reactive ketones (excluding diaryl/α,β-unsaturated/α-hetero) is 1. The van der Waals surface area contributed by atoms with Crippen molar-refractivity contribution in [2.45, 2.75) is 51.2 Å². The zero-order valence-electron chi connectivity index (χ0n) is 18.2. The Bertz CT molecular complexity index is 1120. The highest BCUT2D eigenvalue weighted by Gasteiger charge is 2.24. The summed E-state index contributed by atoms with van der Waals surface area (Å²) in [6.07, 6.45) is 5.64. The van der Waals surface area contributed by atoms with Gasteiger partial charge in [0.2, 0.25) is 0 Å². The van der Waals surface area contributed by atoms with Gasteiger partial charge in [0.25, 0.3) is 5.91 Å². The molecule has 2 aromatic heterocycles. The lowest BCUT2D eigenvalue weighted by molar-refractivity contribution is 0.0269. The first-order valence-corrected chi connectivity index (χ1v) is 12.2. The van der Waals surface area contributed by atoms with Gasteiger partial charge in [0.15, 0.2) is 5.78 Å². The summed E-state index contributed by atoms with van der Waals surface area (Å²) in [5, 5.41) is 12.0. The number of amides is 1. The van der Waals surface area contributed by atoms with Crippen LogP contribution in [0, 0.1) is 6.92 Å². The topological polar surface area (TPSA) is 85.2 Å². The number of anilines is 1. The number of ether oxygens (including phenoxy) is 1. The normalized spacial score (nSPS) is 19.8. The number of nitrogens with zero attached hydrogens (tertiary/aromatic N) is 2. The Morgan fingerprint density at radius 1 is 1.19 bits per heavy atom. The summed E-state index contributed by atoms with van der Waals surface area (Å²) < 4.78 is 7.69. The van der Waals surface area contributed by atoms with Gasteiger partial charge in [0.05, 0.1) is 23.2 Å². The van der Waals surface area contributed by atoms with E-state index in [1.807, 2.05) is 13.0 Å². The number of carbonyl (C=O) groups excluding carboxylic acids is 2. The summed E-state index contributed by atoms with van der Waals surface area (Å²) in [5.41, 5.74) is 2.22. The minimum atomic E-state index is -0.449. The highest BCUT2D eigenvalue weighted by atomic mass is 32.1. The summed E-state index contributed by atoms with van der Waals surface area (Å²) in [6, 6.07) is 9.40. The van der Waals surface area contributed by atoms with Gasteiger partial charge in [-0.25, -0.2) is 0 Å². The van der Waals surface area contributed by atoms with Crippen LogP contribution in [0.2, 0.25) is 0 Å². The number of benzene rings is 1. The summed E-state index contributed by atoms with van der Waals surface area (Å²) >= 11 is 1.50. The number of ketones is 1. The predicted octanol–water partition coefficient (Wildman–Crippen LogP) is 4.33. The first-order chi connectivity index (χ1) is 15.6. The van der Waals surface area contributed by atoms with Crippen LogP contribution >= 0.6 is 11.3 Å². The molecule has 1 amide bonds. The molecule has 2 N–H and O–H groups in total. The molecule has 1 aliphatic heterocycles. The molecule has 3 heterocycles. The molecule has 8 heteroatoms. The number of rotatable bonds is 5. The number of aromatic nitrogens is 2. The number of hydrogen-bond acceptors (Lipinski definition) is 6. The Morgan fingerprint density at radius 2 is 1.97 bits per heavy atom. The van der Waals surface area contributed by atoms with Gasteiger partial charge in [-0.15, -0.1) is 11.3 Å². The van der Waals surface area contributed by atoms with E-state index in [9.17, 15) is 9.59 Å². The maximum absolute atomic E-state index is 12.9. The molecule has 2 fully saturated rings. The standard InChI is InChI=1S/C24H28N4O3S/c1-15-19-13-21(32-24(19)28(27-15)18-5-3-2-4-6-18)23(30)26-17-9-7-16(8-10-17)22(29)20-14-25-11-12-31-20/h7-10,13,18,20,25H,2-6,11-12,14H2,1H3,(H,26,30). The first kappa shape index (κ1) is 21.3. The van der Waals surface area contributed by atoms with Gasteiger partial charge in [0, 0.05) is 29.7 Å². The van der Waals surface area contributed by atoms with Crippen molar-refractivity contribution >= 4 is 38.9 Å². The Morgan fingerprint density at radius 3 is 2.69 bits per heavy atom. The number of fused-ring (bicyclic) bond motifs is 1. The zero-order chi connectivity index (χ0) is 22.1. The number of nitrogens with one attached hydrogen (secondary N) is 2. The summed E-state index contributed by atoms with van der Waals surface area (Å²) in [6.45, 7) is 3.85. The minimum Gasteiger partial charge on any atom is -0.367 e. The van der Waals surface area contributed by atoms with E-state index in [2.05, 4.69) is 15.3 Å². The van der Waals surface area contributed by atoms with Crippen molar-refractivity contribution in [3.8, 4) is 0 Å². The largest absolute Gasteiger partial charge is 0.367 e. The van der Waals surface area contributed by atoms with Gasteiger partial charge in [0.1, 0.15) is 10.9 Å². The average Bonchev–Trinajstić information content (AvgIpc) is 3.41. The Balaban J connectivity index is 1.30.